The van der Waals surface area contributed by atoms with E-state index in [2.05, 4.69) is 4.98 Å². The van der Waals surface area contributed by atoms with Crippen LogP contribution in [0.25, 0.3) is 20.3 Å². The number of carbonyl (C=O) groups excluding carboxylic acids is 1. The van der Waals surface area contributed by atoms with Crippen molar-refractivity contribution in [3.05, 3.63) is 82.5 Å². The molecule has 0 radical (unpaired) electrons. The Balaban J connectivity index is 1.61. The van der Waals surface area contributed by atoms with Gasteiger partial charge in [-0.15, -0.1) is 11.3 Å². The monoisotopic (exact) mass is 465 g/mol. The van der Waals surface area contributed by atoms with Crippen LogP contribution < -0.4 is 9.64 Å². The second-order valence-electron chi connectivity index (χ2n) is 6.78. The van der Waals surface area contributed by atoms with Gasteiger partial charge in [0.05, 0.1) is 34.6 Å². The summed E-state index contributed by atoms with van der Waals surface area (Å²) in [6.07, 6.45) is 1.72. The van der Waals surface area contributed by atoms with Gasteiger partial charge >= 0.3 is 0 Å². The molecule has 8 heteroatoms. The van der Waals surface area contributed by atoms with Crippen molar-refractivity contribution in [2.75, 3.05) is 12.0 Å². The van der Waals surface area contributed by atoms with E-state index < -0.39 is 0 Å². The lowest BCUT2D eigenvalue weighted by Crippen LogP contribution is -2.30. The molecular weight excluding hydrogens is 450 g/mol. The number of hydrogen-bond donors (Lipinski definition) is 0. The van der Waals surface area contributed by atoms with Crippen LogP contribution in [0.4, 0.5) is 5.13 Å². The second-order valence-corrected chi connectivity index (χ2v) is 9.22. The molecule has 2 aromatic carbocycles. The molecule has 154 valence electrons. The lowest BCUT2D eigenvalue weighted by atomic mass is 10.2. The normalized spacial score (nSPS) is 11.2. The Labute approximate surface area is 191 Å². The Bertz CT molecular complexity index is 1400. The molecule has 0 saturated carbocycles. The molecule has 5 aromatic rings. The van der Waals surface area contributed by atoms with Gasteiger partial charge in [-0.2, -0.15) is 0 Å². The SMILES string of the molecule is COc1ccc2nc(N(Cc3ccccn3)C(=O)c3sc4ccccc4c3Cl)sc2c1. The van der Waals surface area contributed by atoms with Gasteiger partial charge in [-0.05, 0) is 36.4 Å². The molecule has 0 unspecified atom stereocenters. The van der Waals surface area contributed by atoms with Crippen LogP contribution >= 0.6 is 34.3 Å². The summed E-state index contributed by atoms with van der Waals surface area (Å²) in [6.45, 7) is 0.293. The number of benzene rings is 2. The predicted octanol–water partition coefficient (Wildman–Crippen LogP) is 6.42. The average Bonchev–Trinajstić information content (AvgIpc) is 3.38. The first-order valence-electron chi connectivity index (χ1n) is 9.47. The van der Waals surface area contributed by atoms with Crippen LogP contribution in [0, 0.1) is 0 Å². The zero-order chi connectivity index (χ0) is 21.4. The number of thiazole rings is 1. The zero-order valence-electron chi connectivity index (χ0n) is 16.4. The Morgan fingerprint density at radius 3 is 2.68 bits per heavy atom. The third-order valence-corrected chi connectivity index (χ3v) is 7.54. The lowest BCUT2D eigenvalue weighted by molar-refractivity contribution is 0.0989. The highest BCUT2D eigenvalue weighted by molar-refractivity contribution is 7.23. The minimum atomic E-state index is -0.192. The molecule has 1 amide bonds. The number of pyridine rings is 1. The van der Waals surface area contributed by atoms with Gasteiger partial charge in [-0.25, -0.2) is 4.98 Å². The molecule has 0 aliphatic rings. The van der Waals surface area contributed by atoms with Crippen LogP contribution in [0.15, 0.2) is 66.9 Å². The van der Waals surface area contributed by atoms with Gasteiger partial charge in [0.25, 0.3) is 5.91 Å². The number of methoxy groups -OCH3 is 1. The van der Waals surface area contributed by atoms with Gasteiger partial charge in [-0.1, -0.05) is 47.2 Å². The minimum absolute atomic E-state index is 0.192. The molecule has 0 fully saturated rings. The highest BCUT2D eigenvalue weighted by Gasteiger charge is 2.26. The van der Waals surface area contributed by atoms with Gasteiger partial charge in [0.1, 0.15) is 10.6 Å². The van der Waals surface area contributed by atoms with Gasteiger partial charge in [-0.3, -0.25) is 14.7 Å². The third-order valence-electron chi connectivity index (χ3n) is 4.84. The summed E-state index contributed by atoms with van der Waals surface area (Å²) in [5.41, 5.74) is 1.58. The fourth-order valence-corrected chi connectivity index (χ4v) is 5.74. The van der Waals surface area contributed by atoms with E-state index in [9.17, 15) is 4.79 Å². The van der Waals surface area contributed by atoms with E-state index in [1.165, 1.54) is 22.7 Å². The first kappa shape index (κ1) is 19.9. The largest absolute Gasteiger partial charge is 0.497 e. The molecule has 5 nitrogen and oxygen atoms in total. The fourth-order valence-electron chi connectivity index (χ4n) is 3.29. The standard InChI is InChI=1S/C23H16ClN3O2S2/c1-29-15-9-10-17-19(12-15)31-23(26-17)27(13-14-6-4-5-11-25-14)22(28)21-20(24)16-7-2-3-8-18(16)30-21/h2-12H,13H2,1H3. The zero-order valence-corrected chi connectivity index (χ0v) is 18.8. The number of hydrogen-bond acceptors (Lipinski definition) is 6. The quantitative estimate of drug-likeness (QED) is 0.300. The molecule has 0 aliphatic carbocycles. The van der Waals surface area contributed by atoms with Crippen molar-refractivity contribution in [3.63, 3.8) is 0 Å². The first-order chi connectivity index (χ1) is 15.1. The highest BCUT2D eigenvalue weighted by Crippen LogP contribution is 2.38. The number of rotatable bonds is 5. The maximum atomic E-state index is 13.7. The number of nitrogens with zero attached hydrogens (tertiary/aromatic N) is 3. The van der Waals surface area contributed by atoms with Crippen molar-refractivity contribution in [1.29, 1.82) is 0 Å². The van der Waals surface area contributed by atoms with Gasteiger partial charge in [0.15, 0.2) is 5.13 Å². The number of amides is 1. The Morgan fingerprint density at radius 1 is 1.06 bits per heavy atom. The van der Waals surface area contributed by atoms with E-state index in [0.29, 0.717) is 21.6 Å². The molecule has 31 heavy (non-hydrogen) atoms. The highest BCUT2D eigenvalue weighted by atomic mass is 35.5. The van der Waals surface area contributed by atoms with Crippen LogP contribution in [0.2, 0.25) is 5.02 Å². The van der Waals surface area contributed by atoms with E-state index in [1.54, 1.807) is 18.2 Å². The molecule has 3 heterocycles. The summed E-state index contributed by atoms with van der Waals surface area (Å²) in [5, 5.41) is 1.94. The molecule has 0 N–H and O–H groups in total. The molecule has 0 spiro atoms. The maximum absolute atomic E-state index is 13.7. The Hall–Kier alpha value is -3.00. The molecule has 0 bridgehead atoms. The first-order valence-corrected chi connectivity index (χ1v) is 11.5. The summed E-state index contributed by atoms with van der Waals surface area (Å²) in [7, 11) is 1.63. The van der Waals surface area contributed by atoms with Gasteiger partial charge in [0.2, 0.25) is 0 Å². The van der Waals surface area contributed by atoms with Crippen molar-refractivity contribution in [2.45, 2.75) is 6.54 Å². The molecule has 3 aromatic heterocycles. The van der Waals surface area contributed by atoms with Crippen LogP contribution in [0.3, 0.4) is 0 Å². The van der Waals surface area contributed by atoms with Crippen LogP contribution in [0.1, 0.15) is 15.4 Å². The Morgan fingerprint density at radius 2 is 1.90 bits per heavy atom. The van der Waals surface area contributed by atoms with Crippen LogP contribution in [-0.4, -0.2) is 23.0 Å². The van der Waals surface area contributed by atoms with Crippen molar-refractivity contribution >= 4 is 65.6 Å². The van der Waals surface area contributed by atoms with Crippen LogP contribution in [-0.2, 0) is 6.54 Å². The van der Waals surface area contributed by atoms with E-state index >= 15 is 0 Å². The van der Waals surface area contributed by atoms with Crippen LogP contribution in [0.5, 0.6) is 5.75 Å². The summed E-state index contributed by atoms with van der Waals surface area (Å²) >= 11 is 9.45. The summed E-state index contributed by atoms with van der Waals surface area (Å²) in [4.78, 5) is 25.0. The Kier molecular flexibility index (Phi) is 5.31. The van der Waals surface area contributed by atoms with Gasteiger partial charge in [0, 0.05) is 16.3 Å². The predicted molar refractivity (Wildman–Crippen MR) is 128 cm³/mol. The van der Waals surface area contributed by atoms with Gasteiger partial charge < -0.3 is 4.74 Å². The summed E-state index contributed by atoms with van der Waals surface area (Å²) < 4.78 is 7.24. The molecule has 0 atom stereocenters. The number of aromatic nitrogens is 2. The number of ether oxygens (including phenoxy) is 1. The van der Waals surface area contributed by atoms with E-state index in [-0.39, 0.29) is 5.91 Å². The summed E-state index contributed by atoms with van der Waals surface area (Å²) in [6, 6.07) is 19.1. The number of carbonyl (C=O) groups is 1. The maximum Gasteiger partial charge on any atom is 0.272 e. The average molecular weight is 466 g/mol. The van der Waals surface area contributed by atoms with E-state index in [4.69, 9.17) is 21.3 Å². The number of thiophene rings is 1. The topological polar surface area (TPSA) is 55.3 Å². The van der Waals surface area contributed by atoms with Crippen molar-refractivity contribution in [1.82, 2.24) is 9.97 Å². The number of fused-ring (bicyclic) bond motifs is 2. The fraction of sp³-hybridized carbons (Fsp3) is 0.0870. The van der Waals surface area contributed by atoms with Crippen molar-refractivity contribution < 1.29 is 9.53 Å². The molecule has 0 aliphatic heterocycles. The minimum Gasteiger partial charge on any atom is -0.497 e. The molecular formula is C23H16ClN3O2S2. The third kappa shape index (κ3) is 3.76. The summed E-state index contributed by atoms with van der Waals surface area (Å²) in [5.74, 6) is 0.556. The van der Waals surface area contributed by atoms with Crippen molar-refractivity contribution in [3.8, 4) is 5.75 Å². The van der Waals surface area contributed by atoms with E-state index in [0.717, 1.165) is 31.7 Å². The van der Waals surface area contributed by atoms with E-state index in [1.807, 2.05) is 60.7 Å². The lowest BCUT2D eigenvalue weighted by Gasteiger charge is -2.19. The molecule has 5 rings (SSSR count). The number of anilines is 1. The van der Waals surface area contributed by atoms with Crippen molar-refractivity contribution in [2.24, 2.45) is 0 Å². The number of halogens is 1. The smallest absolute Gasteiger partial charge is 0.272 e. The second kappa shape index (κ2) is 8.26. The molecule has 0 saturated heterocycles.